The predicted molar refractivity (Wildman–Crippen MR) is 86.4 cm³/mol. The Hall–Kier alpha value is -1.36. The molecule has 5 heteroatoms. The topological polar surface area (TPSA) is 35.5 Å². The summed E-state index contributed by atoms with van der Waals surface area (Å²) in [5.41, 5.74) is 0.931. The van der Waals surface area contributed by atoms with Crippen LogP contribution in [0.25, 0.3) is 0 Å². The lowest BCUT2D eigenvalue weighted by Crippen LogP contribution is -2.09. The molecule has 2 rings (SSSR count). The van der Waals surface area contributed by atoms with Crippen LogP contribution in [0.2, 0.25) is 5.02 Å². The number of para-hydroxylation sites is 1. The molecule has 0 bridgehead atoms. The lowest BCUT2D eigenvalue weighted by Gasteiger charge is -2.11. The Morgan fingerprint density at radius 2 is 1.90 bits per heavy atom. The molecule has 0 aliphatic rings. The molecule has 0 N–H and O–H groups in total. The third kappa shape index (κ3) is 4.06. The number of halogens is 2. The molecule has 0 aromatic heterocycles. The van der Waals surface area contributed by atoms with Gasteiger partial charge in [-0.15, -0.1) is 0 Å². The molecular formula is C16H14BrClO3. The number of ether oxygens (including phenoxy) is 2. The number of methoxy groups -OCH3 is 1. The first-order chi connectivity index (χ1) is 10.1. The number of hydrogen-bond donors (Lipinski definition) is 0. The first-order valence-corrected chi connectivity index (χ1v) is 7.51. The van der Waals surface area contributed by atoms with Crippen LogP contribution >= 0.6 is 27.5 Å². The molecule has 3 nitrogen and oxygen atoms in total. The van der Waals surface area contributed by atoms with Crippen molar-refractivity contribution in [2.45, 2.75) is 0 Å². The first-order valence-electron chi connectivity index (χ1n) is 6.34. The summed E-state index contributed by atoms with van der Waals surface area (Å²) < 4.78 is 11.4. The number of carbonyl (C=O) groups excluding carboxylic acids is 1. The molecule has 0 radical (unpaired) electrons. The van der Waals surface area contributed by atoms with Gasteiger partial charge in [0, 0.05) is 17.1 Å². The van der Waals surface area contributed by atoms with Crippen molar-refractivity contribution in [3.05, 3.63) is 63.1 Å². The van der Waals surface area contributed by atoms with E-state index in [4.69, 9.17) is 21.1 Å². The van der Waals surface area contributed by atoms with Crippen molar-refractivity contribution in [2.24, 2.45) is 0 Å². The van der Waals surface area contributed by atoms with Crippen molar-refractivity contribution in [3.8, 4) is 5.75 Å². The van der Waals surface area contributed by atoms with Gasteiger partial charge in [-0.3, -0.25) is 4.79 Å². The van der Waals surface area contributed by atoms with Gasteiger partial charge >= 0.3 is 0 Å². The maximum atomic E-state index is 12.6. The third-order valence-electron chi connectivity index (χ3n) is 2.85. The summed E-state index contributed by atoms with van der Waals surface area (Å²) in [6.07, 6.45) is 0. The smallest absolute Gasteiger partial charge is 0.198 e. The maximum absolute atomic E-state index is 12.6. The molecule has 0 amide bonds. The van der Waals surface area contributed by atoms with Gasteiger partial charge in [0.25, 0.3) is 0 Å². The fraction of sp³-hybridized carbons (Fsp3) is 0.188. The van der Waals surface area contributed by atoms with E-state index in [1.165, 1.54) is 0 Å². The van der Waals surface area contributed by atoms with E-state index in [9.17, 15) is 4.79 Å². The van der Waals surface area contributed by atoms with Gasteiger partial charge in [0.2, 0.25) is 0 Å². The van der Waals surface area contributed by atoms with Gasteiger partial charge < -0.3 is 9.47 Å². The van der Waals surface area contributed by atoms with Gasteiger partial charge in [-0.25, -0.2) is 0 Å². The number of ketones is 1. The fourth-order valence-electron chi connectivity index (χ4n) is 1.83. The molecule has 2 aromatic carbocycles. The average Bonchev–Trinajstić information content (AvgIpc) is 2.47. The van der Waals surface area contributed by atoms with Crippen LogP contribution in [-0.4, -0.2) is 26.1 Å². The Labute approximate surface area is 137 Å². The Morgan fingerprint density at radius 1 is 1.14 bits per heavy atom. The second-order valence-electron chi connectivity index (χ2n) is 4.29. The van der Waals surface area contributed by atoms with E-state index < -0.39 is 0 Å². The molecule has 2 aromatic rings. The van der Waals surface area contributed by atoms with E-state index in [1.54, 1.807) is 43.5 Å². The van der Waals surface area contributed by atoms with E-state index in [2.05, 4.69) is 15.9 Å². The Morgan fingerprint density at radius 3 is 2.62 bits per heavy atom. The minimum Gasteiger partial charge on any atom is -0.490 e. The molecule has 0 unspecified atom stereocenters. The molecule has 0 aliphatic heterocycles. The summed E-state index contributed by atoms with van der Waals surface area (Å²) in [7, 11) is 1.60. The standard InChI is InChI=1S/C16H14BrClO3/c1-20-8-9-21-15-5-3-2-4-13(15)16(19)12-7-6-11(17)10-14(12)18/h2-7,10H,8-9H2,1H3. The third-order valence-corrected chi connectivity index (χ3v) is 3.66. The van der Waals surface area contributed by atoms with Crippen molar-refractivity contribution in [1.82, 2.24) is 0 Å². The number of rotatable bonds is 6. The normalized spacial score (nSPS) is 10.4. The van der Waals surface area contributed by atoms with Crippen molar-refractivity contribution < 1.29 is 14.3 Å². The first kappa shape index (κ1) is 16.0. The number of benzene rings is 2. The van der Waals surface area contributed by atoms with Crippen LogP contribution in [0.15, 0.2) is 46.9 Å². The summed E-state index contributed by atoms with van der Waals surface area (Å²) in [6, 6.07) is 12.3. The molecular weight excluding hydrogens is 356 g/mol. The SMILES string of the molecule is COCCOc1ccccc1C(=O)c1ccc(Br)cc1Cl. The quantitative estimate of drug-likeness (QED) is 0.560. The van der Waals surface area contributed by atoms with E-state index >= 15 is 0 Å². The lowest BCUT2D eigenvalue weighted by atomic mass is 10.0. The largest absolute Gasteiger partial charge is 0.490 e. The highest BCUT2D eigenvalue weighted by molar-refractivity contribution is 9.10. The summed E-state index contributed by atoms with van der Waals surface area (Å²) in [4.78, 5) is 12.6. The van der Waals surface area contributed by atoms with E-state index in [0.29, 0.717) is 35.1 Å². The summed E-state index contributed by atoms with van der Waals surface area (Å²) in [5, 5.41) is 0.404. The molecule has 0 saturated heterocycles. The molecule has 21 heavy (non-hydrogen) atoms. The highest BCUT2D eigenvalue weighted by Crippen LogP contribution is 2.27. The summed E-state index contributed by atoms with van der Waals surface area (Å²) in [6.45, 7) is 0.844. The zero-order valence-corrected chi connectivity index (χ0v) is 13.8. The minimum absolute atomic E-state index is 0.166. The predicted octanol–water partition coefficient (Wildman–Crippen LogP) is 4.36. The van der Waals surface area contributed by atoms with Crippen molar-refractivity contribution in [3.63, 3.8) is 0 Å². The molecule has 0 saturated carbocycles. The molecule has 110 valence electrons. The second-order valence-corrected chi connectivity index (χ2v) is 5.61. The van der Waals surface area contributed by atoms with Crippen LogP contribution in [0.1, 0.15) is 15.9 Å². The van der Waals surface area contributed by atoms with Crippen molar-refractivity contribution >= 4 is 33.3 Å². The monoisotopic (exact) mass is 368 g/mol. The van der Waals surface area contributed by atoms with Gasteiger partial charge in [-0.05, 0) is 30.3 Å². The zero-order valence-electron chi connectivity index (χ0n) is 11.4. The van der Waals surface area contributed by atoms with Gasteiger partial charge in [0.05, 0.1) is 17.2 Å². The lowest BCUT2D eigenvalue weighted by molar-refractivity contribution is 0.103. The van der Waals surface area contributed by atoms with E-state index in [0.717, 1.165) is 4.47 Å². The summed E-state index contributed by atoms with van der Waals surface area (Å²) >= 11 is 9.47. The van der Waals surface area contributed by atoms with Crippen LogP contribution in [0.3, 0.4) is 0 Å². The van der Waals surface area contributed by atoms with E-state index in [-0.39, 0.29) is 5.78 Å². The van der Waals surface area contributed by atoms with Gasteiger partial charge in [0.15, 0.2) is 5.78 Å². The van der Waals surface area contributed by atoms with Crippen LogP contribution in [-0.2, 0) is 4.74 Å². The Bertz CT molecular complexity index is 643. The highest BCUT2D eigenvalue weighted by Gasteiger charge is 2.17. The summed E-state index contributed by atoms with van der Waals surface area (Å²) in [5.74, 6) is 0.360. The number of hydrogen-bond acceptors (Lipinski definition) is 3. The minimum atomic E-state index is -0.166. The number of carbonyl (C=O) groups is 1. The van der Waals surface area contributed by atoms with Gasteiger partial charge in [0.1, 0.15) is 12.4 Å². The molecule has 0 fully saturated rings. The Balaban J connectivity index is 2.30. The molecule has 0 heterocycles. The zero-order chi connectivity index (χ0) is 15.2. The van der Waals surface area contributed by atoms with Crippen LogP contribution < -0.4 is 4.74 Å². The second kappa shape index (κ2) is 7.59. The van der Waals surface area contributed by atoms with Crippen LogP contribution in [0, 0.1) is 0 Å². The molecule has 0 aliphatic carbocycles. The van der Waals surface area contributed by atoms with Gasteiger partial charge in [-0.1, -0.05) is 39.7 Å². The van der Waals surface area contributed by atoms with Crippen LogP contribution in [0.5, 0.6) is 5.75 Å². The molecule has 0 spiro atoms. The van der Waals surface area contributed by atoms with Crippen molar-refractivity contribution in [2.75, 3.05) is 20.3 Å². The Kier molecular flexibility index (Phi) is 5.79. The fourth-order valence-corrected chi connectivity index (χ4v) is 2.59. The maximum Gasteiger partial charge on any atom is 0.198 e. The van der Waals surface area contributed by atoms with Crippen molar-refractivity contribution in [1.29, 1.82) is 0 Å². The van der Waals surface area contributed by atoms with E-state index in [1.807, 2.05) is 6.07 Å². The van der Waals surface area contributed by atoms with Crippen LogP contribution in [0.4, 0.5) is 0 Å². The molecule has 0 atom stereocenters. The van der Waals surface area contributed by atoms with Gasteiger partial charge in [-0.2, -0.15) is 0 Å². The highest BCUT2D eigenvalue weighted by atomic mass is 79.9. The average molecular weight is 370 g/mol.